The molecular formula is C25H25ClFN3O4S. The second-order valence-electron chi connectivity index (χ2n) is 8.36. The van der Waals surface area contributed by atoms with E-state index in [0.29, 0.717) is 30.0 Å². The van der Waals surface area contributed by atoms with Gasteiger partial charge in [-0.1, -0.05) is 47.1 Å². The van der Waals surface area contributed by atoms with Gasteiger partial charge in [-0.05, 0) is 55.7 Å². The summed E-state index contributed by atoms with van der Waals surface area (Å²) in [5, 5.41) is 7.31. The number of carbonyl (C=O) groups excluding carboxylic acids is 1. The van der Waals surface area contributed by atoms with Gasteiger partial charge in [0.15, 0.2) is 10.7 Å². The maximum Gasteiger partial charge on any atom is 0.248 e. The van der Waals surface area contributed by atoms with Gasteiger partial charge in [-0.3, -0.25) is 4.79 Å². The van der Waals surface area contributed by atoms with Crippen molar-refractivity contribution >= 4 is 39.7 Å². The Hall–Kier alpha value is -3.01. The molecule has 3 aromatic rings. The van der Waals surface area contributed by atoms with E-state index in [1.807, 2.05) is 12.1 Å². The van der Waals surface area contributed by atoms with Crippen LogP contribution in [-0.4, -0.2) is 36.9 Å². The highest BCUT2D eigenvalue weighted by atomic mass is 35.5. The Morgan fingerprint density at radius 3 is 2.71 bits per heavy atom. The van der Waals surface area contributed by atoms with E-state index in [1.165, 1.54) is 29.4 Å². The van der Waals surface area contributed by atoms with Crippen LogP contribution in [0.3, 0.4) is 0 Å². The van der Waals surface area contributed by atoms with Gasteiger partial charge in [0, 0.05) is 30.2 Å². The number of piperidine rings is 1. The summed E-state index contributed by atoms with van der Waals surface area (Å²) in [6, 6.07) is 13.3. The Labute approximate surface area is 208 Å². The number of nitrogens with one attached hydrogen (secondary N) is 1. The molecule has 7 nitrogen and oxygen atoms in total. The van der Waals surface area contributed by atoms with E-state index in [9.17, 15) is 17.6 Å². The first-order chi connectivity index (χ1) is 16.8. The number of halogens is 2. The molecule has 1 fully saturated rings. The average Bonchev–Trinajstić information content (AvgIpc) is 3.24. The standard InChI is InChI=1S/C25H25ClFN3O4S/c1-17-24(23(34-29-17)13-10-19-5-2-3-7-22(19)27)35(32,33)30-14-4-6-20(16-30)25(31)28-15-18-8-11-21(26)12-9-18/h2-3,5,7-13,20H,4,6,14-16H2,1H3,(H,28,31). The molecule has 1 aliphatic heterocycles. The molecule has 2 aromatic carbocycles. The summed E-state index contributed by atoms with van der Waals surface area (Å²) in [6.07, 6.45) is 3.97. The Bertz CT molecular complexity index is 1340. The summed E-state index contributed by atoms with van der Waals surface area (Å²) < 4.78 is 47.6. The van der Waals surface area contributed by atoms with Gasteiger partial charge in [-0.15, -0.1) is 0 Å². The highest BCUT2D eigenvalue weighted by Crippen LogP contribution is 2.29. The lowest BCUT2D eigenvalue weighted by molar-refractivity contribution is -0.126. The molecule has 2 heterocycles. The number of benzene rings is 2. The van der Waals surface area contributed by atoms with Crippen molar-refractivity contribution in [3.05, 3.63) is 82.0 Å². The van der Waals surface area contributed by atoms with Gasteiger partial charge in [0.2, 0.25) is 15.9 Å². The zero-order valence-electron chi connectivity index (χ0n) is 19.1. The van der Waals surface area contributed by atoms with Crippen LogP contribution in [0.1, 0.15) is 35.4 Å². The van der Waals surface area contributed by atoms with Crippen LogP contribution in [0.2, 0.25) is 5.02 Å². The molecule has 184 valence electrons. The Morgan fingerprint density at radius 2 is 1.97 bits per heavy atom. The normalized spacial score (nSPS) is 17.1. The van der Waals surface area contributed by atoms with Gasteiger partial charge in [-0.25, -0.2) is 12.8 Å². The third-order valence-electron chi connectivity index (χ3n) is 5.89. The summed E-state index contributed by atoms with van der Waals surface area (Å²) in [4.78, 5) is 12.7. The third-order valence-corrected chi connectivity index (χ3v) is 8.16. The molecule has 1 unspecified atom stereocenters. The first-order valence-corrected chi connectivity index (χ1v) is 13.0. The molecule has 1 N–H and O–H groups in total. The van der Waals surface area contributed by atoms with Crippen LogP contribution in [0.5, 0.6) is 0 Å². The Kier molecular flexibility index (Phi) is 7.69. The van der Waals surface area contributed by atoms with Crippen molar-refractivity contribution in [3.63, 3.8) is 0 Å². The van der Waals surface area contributed by atoms with Crippen molar-refractivity contribution in [1.82, 2.24) is 14.8 Å². The lowest BCUT2D eigenvalue weighted by Crippen LogP contribution is -2.45. The minimum Gasteiger partial charge on any atom is -0.355 e. The predicted octanol–water partition coefficient (Wildman–Crippen LogP) is 4.66. The Morgan fingerprint density at radius 1 is 1.23 bits per heavy atom. The summed E-state index contributed by atoms with van der Waals surface area (Å²) >= 11 is 5.90. The molecule has 0 radical (unpaired) electrons. The topological polar surface area (TPSA) is 92.5 Å². The number of aryl methyl sites for hydroxylation is 1. The molecule has 1 saturated heterocycles. The highest BCUT2D eigenvalue weighted by Gasteiger charge is 2.36. The van der Waals surface area contributed by atoms with Crippen molar-refractivity contribution in [2.75, 3.05) is 13.1 Å². The van der Waals surface area contributed by atoms with E-state index in [1.54, 1.807) is 30.3 Å². The van der Waals surface area contributed by atoms with Crippen LogP contribution < -0.4 is 5.32 Å². The number of sulfonamides is 1. The summed E-state index contributed by atoms with van der Waals surface area (Å²) in [6.45, 7) is 2.20. The first-order valence-electron chi connectivity index (χ1n) is 11.2. The molecule has 1 aromatic heterocycles. The van der Waals surface area contributed by atoms with Gasteiger partial charge >= 0.3 is 0 Å². The van der Waals surface area contributed by atoms with Crippen molar-refractivity contribution in [1.29, 1.82) is 0 Å². The number of amides is 1. The van der Waals surface area contributed by atoms with Crippen LogP contribution in [0.25, 0.3) is 12.2 Å². The quantitative estimate of drug-likeness (QED) is 0.492. The largest absolute Gasteiger partial charge is 0.355 e. The second-order valence-corrected chi connectivity index (χ2v) is 10.7. The number of nitrogens with zero attached hydrogens (tertiary/aromatic N) is 2. The molecule has 10 heteroatoms. The average molecular weight is 518 g/mol. The van der Waals surface area contributed by atoms with E-state index >= 15 is 0 Å². The van der Waals surface area contributed by atoms with Crippen LogP contribution >= 0.6 is 11.6 Å². The number of hydrogen-bond donors (Lipinski definition) is 1. The minimum absolute atomic E-state index is 0.0140. The lowest BCUT2D eigenvalue weighted by Gasteiger charge is -2.31. The molecule has 1 atom stereocenters. The van der Waals surface area contributed by atoms with Gasteiger partial charge in [-0.2, -0.15) is 4.31 Å². The summed E-state index contributed by atoms with van der Waals surface area (Å²) in [5.74, 6) is -1.11. The molecule has 0 aliphatic carbocycles. The van der Waals surface area contributed by atoms with E-state index < -0.39 is 21.8 Å². The molecule has 35 heavy (non-hydrogen) atoms. The molecule has 0 bridgehead atoms. The van der Waals surface area contributed by atoms with Crippen molar-refractivity contribution in [2.45, 2.75) is 31.2 Å². The third kappa shape index (κ3) is 5.80. The van der Waals surface area contributed by atoms with E-state index in [2.05, 4.69) is 10.5 Å². The Balaban J connectivity index is 1.48. The zero-order chi connectivity index (χ0) is 25.0. The summed E-state index contributed by atoms with van der Waals surface area (Å²) in [5.41, 5.74) is 1.39. The summed E-state index contributed by atoms with van der Waals surface area (Å²) in [7, 11) is -4.00. The van der Waals surface area contributed by atoms with Gasteiger partial charge in [0.25, 0.3) is 0 Å². The van der Waals surface area contributed by atoms with Crippen LogP contribution in [-0.2, 0) is 21.4 Å². The van der Waals surface area contributed by atoms with Crippen molar-refractivity contribution < 1.29 is 22.1 Å². The first kappa shape index (κ1) is 25.1. The minimum atomic E-state index is -4.00. The van der Waals surface area contributed by atoms with Gasteiger partial charge < -0.3 is 9.84 Å². The molecule has 1 aliphatic rings. The number of rotatable bonds is 7. The molecule has 0 saturated carbocycles. The smallest absolute Gasteiger partial charge is 0.248 e. The van der Waals surface area contributed by atoms with Crippen LogP contribution in [0, 0.1) is 18.7 Å². The van der Waals surface area contributed by atoms with Crippen LogP contribution in [0.4, 0.5) is 4.39 Å². The molecular weight excluding hydrogens is 493 g/mol. The molecule has 1 amide bonds. The fraction of sp³-hybridized carbons (Fsp3) is 0.280. The number of aromatic nitrogens is 1. The van der Waals surface area contributed by atoms with Crippen molar-refractivity contribution in [2.24, 2.45) is 5.92 Å². The second kappa shape index (κ2) is 10.7. The fourth-order valence-corrected chi connectivity index (χ4v) is 5.91. The predicted molar refractivity (Wildman–Crippen MR) is 131 cm³/mol. The van der Waals surface area contributed by atoms with E-state index in [0.717, 1.165) is 5.56 Å². The monoisotopic (exact) mass is 517 g/mol. The maximum atomic E-state index is 14.0. The van der Waals surface area contributed by atoms with E-state index in [-0.39, 0.29) is 35.3 Å². The van der Waals surface area contributed by atoms with Crippen LogP contribution in [0.15, 0.2) is 57.9 Å². The fourth-order valence-electron chi connectivity index (χ4n) is 4.01. The van der Waals surface area contributed by atoms with E-state index in [4.69, 9.17) is 16.1 Å². The molecule has 0 spiro atoms. The maximum absolute atomic E-state index is 14.0. The number of carbonyl (C=O) groups is 1. The molecule has 4 rings (SSSR count). The number of hydrogen-bond acceptors (Lipinski definition) is 5. The van der Waals surface area contributed by atoms with Gasteiger partial charge in [0.05, 0.1) is 5.92 Å². The lowest BCUT2D eigenvalue weighted by atomic mass is 9.99. The van der Waals surface area contributed by atoms with Crippen molar-refractivity contribution in [3.8, 4) is 0 Å². The highest BCUT2D eigenvalue weighted by molar-refractivity contribution is 7.89. The van der Waals surface area contributed by atoms with Gasteiger partial charge in [0.1, 0.15) is 11.5 Å². The SMILES string of the molecule is Cc1noc(C=Cc2ccccc2F)c1S(=O)(=O)N1CCCC(C(=O)NCc2ccc(Cl)cc2)C1. The zero-order valence-corrected chi connectivity index (χ0v) is 20.7.